The molecule has 0 unspecified atom stereocenters. The van der Waals surface area contributed by atoms with E-state index in [1.165, 1.54) is 30.8 Å². The van der Waals surface area contributed by atoms with Crippen molar-refractivity contribution >= 4 is 16.9 Å². The number of aromatic nitrogens is 3. The highest BCUT2D eigenvalue weighted by molar-refractivity contribution is 5.94. The van der Waals surface area contributed by atoms with Gasteiger partial charge in [-0.3, -0.25) is 18.7 Å². The van der Waals surface area contributed by atoms with Crippen molar-refractivity contribution in [3.05, 3.63) is 38.7 Å². The molecule has 0 aliphatic rings. The van der Waals surface area contributed by atoms with Crippen molar-refractivity contribution in [2.75, 3.05) is 19.8 Å². The Labute approximate surface area is 145 Å². The molecule has 0 aliphatic carbocycles. The summed E-state index contributed by atoms with van der Waals surface area (Å²) in [5.41, 5.74) is -0.551. The number of carbonyl (C=O) groups is 1. The van der Waals surface area contributed by atoms with E-state index >= 15 is 0 Å². The minimum absolute atomic E-state index is 0.166. The third-order valence-corrected chi connectivity index (χ3v) is 3.74. The third-order valence-electron chi connectivity index (χ3n) is 3.74. The molecule has 0 atom stereocenters. The molecule has 8 nitrogen and oxygen atoms in total. The smallest absolute Gasteiger partial charge is 0.332 e. The maximum absolute atomic E-state index is 12.2. The largest absolute Gasteiger partial charge is 0.381 e. The van der Waals surface area contributed by atoms with Crippen molar-refractivity contribution in [2.24, 2.45) is 20.0 Å². The minimum Gasteiger partial charge on any atom is -0.381 e. The van der Waals surface area contributed by atoms with Crippen LogP contribution in [0.4, 0.5) is 0 Å². The lowest BCUT2D eigenvalue weighted by molar-refractivity contribution is 0.0921. The van der Waals surface area contributed by atoms with Crippen LogP contribution in [0.3, 0.4) is 0 Å². The van der Waals surface area contributed by atoms with Crippen LogP contribution >= 0.6 is 0 Å². The highest BCUT2D eigenvalue weighted by Gasteiger charge is 2.13. The summed E-state index contributed by atoms with van der Waals surface area (Å²) >= 11 is 0. The monoisotopic (exact) mass is 348 g/mol. The average Bonchev–Trinajstić information content (AvgIpc) is 2.60. The van der Waals surface area contributed by atoms with Crippen molar-refractivity contribution in [3.63, 3.8) is 0 Å². The molecule has 2 heterocycles. The van der Waals surface area contributed by atoms with E-state index in [4.69, 9.17) is 4.74 Å². The Morgan fingerprint density at radius 3 is 2.64 bits per heavy atom. The summed E-state index contributed by atoms with van der Waals surface area (Å²) in [6, 6.07) is 3.00. The van der Waals surface area contributed by atoms with Gasteiger partial charge >= 0.3 is 5.69 Å². The van der Waals surface area contributed by atoms with Gasteiger partial charge in [-0.2, -0.15) is 0 Å². The predicted molar refractivity (Wildman–Crippen MR) is 94.8 cm³/mol. The van der Waals surface area contributed by atoms with Crippen LogP contribution in [0.15, 0.2) is 21.7 Å². The molecule has 0 aromatic carbocycles. The van der Waals surface area contributed by atoms with Crippen LogP contribution in [0, 0.1) is 5.92 Å². The quantitative estimate of drug-likeness (QED) is 0.732. The van der Waals surface area contributed by atoms with E-state index in [0.29, 0.717) is 37.5 Å². The Balaban J connectivity index is 2.07. The Kier molecular flexibility index (Phi) is 6.08. The van der Waals surface area contributed by atoms with Crippen LogP contribution in [0.25, 0.3) is 11.0 Å². The highest BCUT2D eigenvalue weighted by atomic mass is 16.5. The Morgan fingerprint density at radius 2 is 1.96 bits per heavy atom. The topological polar surface area (TPSA) is 95.2 Å². The molecule has 0 saturated carbocycles. The van der Waals surface area contributed by atoms with Crippen molar-refractivity contribution in [1.82, 2.24) is 19.4 Å². The molecule has 0 aliphatic heterocycles. The van der Waals surface area contributed by atoms with Crippen molar-refractivity contribution in [2.45, 2.75) is 20.3 Å². The summed E-state index contributed by atoms with van der Waals surface area (Å²) in [4.78, 5) is 40.4. The average molecular weight is 348 g/mol. The van der Waals surface area contributed by atoms with Gasteiger partial charge in [-0.05, 0) is 24.5 Å². The molecule has 0 saturated heterocycles. The second-order valence-electron chi connectivity index (χ2n) is 6.35. The van der Waals surface area contributed by atoms with E-state index in [9.17, 15) is 14.4 Å². The van der Waals surface area contributed by atoms with Gasteiger partial charge in [0.2, 0.25) is 0 Å². The summed E-state index contributed by atoms with van der Waals surface area (Å²) in [5.74, 6) is 0.134. The second-order valence-corrected chi connectivity index (χ2v) is 6.35. The van der Waals surface area contributed by atoms with Crippen molar-refractivity contribution in [1.29, 1.82) is 0 Å². The van der Waals surface area contributed by atoms with E-state index in [2.05, 4.69) is 24.1 Å². The molecule has 25 heavy (non-hydrogen) atoms. The van der Waals surface area contributed by atoms with Gasteiger partial charge in [0.05, 0.1) is 5.39 Å². The first-order valence-corrected chi connectivity index (χ1v) is 8.25. The van der Waals surface area contributed by atoms with Crippen LogP contribution in [0.2, 0.25) is 0 Å². The number of hydrogen-bond acceptors (Lipinski definition) is 5. The fourth-order valence-corrected chi connectivity index (χ4v) is 2.37. The molecular formula is C17H24N4O4. The SMILES string of the molecule is CC(C)COCCCNC(=O)c1ccc2c(=O)n(C)c(=O)n(C)c2n1. The number of carbonyl (C=O) groups excluding carboxylic acids is 1. The lowest BCUT2D eigenvalue weighted by Gasteiger charge is -2.09. The fourth-order valence-electron chi connectivity index (χ4n) is 2.37. The van der Waals surface area contributed by atoms with Crippen LogP contribution in [0.1, 0.15) is 30.8 Å². The molecule has 0 radical (unpaired) electrons. The van der Waals surface area contributed by atoms with E-state index in [1.807, 2.05) is 0 Å². The Morgan fingerprint density at radius 1 is 1.24 bits per heavy atom. The van der Waals surface area contributed by atoms with Gasteiger partial charge in [0.1, 0.15) is 11.3 Å². The van der Waals surface area contributed by atoms with Gasteiger partial charge in [0, 0.05) is 33.9 Å². The maximum atomic E-state index is 12.2. The van der Waals surface area contributed by atoms with E-state index in [-0.39, 0.29) is 17.2 Å². The lowest BCUT2D eigenvalue weighted by atomic mass is 10.2. The first kappa shape index (κ1) is 18.9. The normalized spacial score (nSPS) is 11.2. The Bertz CT molecular complexity index is 883. The molecule has 0 spiro atoms. The van der Waals surface area contributed by atoms with Crippen molar-refractivity contribution < 1.29 is 9.53 Å². The molecule has 2 rings (SSSR count). The van der Waals surface area contributed by atoms with Gasteiger partial charge in [-0.25, -0.2) is 9.78 Å². The molecule has 0 fully saturated rings. The predicted octanol–water partition coefficient (Wildman–Crippen LogP) is 0.425. The Hall–Kier alpha value is -2.48. The lowest BCUT2D eigenvalue weighted by Crippen LogP contribution is -2.37. The molecule has 1 N–H and O–H groups in total. The first-order valence-electron chi connectivity index (χ1n) is 8.25. The summed E-state index contributed by atoms with van der Waals surface area (Å²) in [6.45, 7) is 5.89. The number of amides is 1. The van der Waals surface area contributed by atoms with Gasteiger partial charge in [0.25, 0.3) is 11.5 Å². The highest BCUT2D eigenvalue weighted by Crippen LogP contribution is 2.06. The number of hydrogen-bond donors (Lipinski definition) is 1. The maximum Gasteiger partial charge on any atom is 0.332 e. The molecule has 2 aromatic heterocycles. The first-order chi connectivity index (χ1) is 11.8. The fraction of sp³-hybridized carbons (Fsp3) is 0.529. The number of nitrogens with zero attached hydrogens (tertiary/aromatic N) is 3. The number of ether oxygens (including phenoxy) is 1. The van der Waals surface area contributed by atoms with E-state index in [1.54, 1.807) is 0 Å². The van der Waals surface area contributed by atoms with Crippen LogP contribution < -0.4 is 16.6 Å². The molecule has 8 heteroatoms. The summed E-state index contributed by atoms with van der Waals surface area (Å²) in [6.07, 6.45) is 0.699. The van der Waals surface area contributed by atoms with Crippen LogP contribution in [0.5, 0.6) is 0 Å². The summed E-state index contributed by atoms with van der Waals surface area (Å²) in [7, 11) is 2.93. The third kappa shape index (κ3) is 4.33. The number of fused-ring (bicyclic) bond motifs is 1. The second kappa shape index (κ2) is 8.06. The van der Waals surface area contributed by atoms with E-state index < -0.39 is 11.2 Å². The summed E-state index contributed by atoms with van der Waals surface area (Å²) < 4.78 is 7.72. The number of rotatable bonds is 7. The number of aryl methyl sites for hydroxylation is 1. The summed E-state index contributed by atoms with van der Waals surface area (Å²) in [5, 5.41) is 3.05. The number of nitrogens with one attached hydrogen (secondary N) is 1. The molecule has 0 bridgehead atoms. The minimum atomic E-state index is -0.482. The van der Waals surface area contributed by atoms with Gasteiger partial charge in [-0.15, -0.1) is 0 Å². The van der Waals surface area contributed by atoms with Crippen LogP contribution in [-0.4, -0.2) is 39.8 Å². The molecular weight excluding hydrogens is 324 g/mol. The van der Waals surface area contributed by atoms with Crippen molar-refractivity contribution in [3.8, 4) is 0 Å². The van der Waals surface area contributed by atoms with E-state index in [0.717, 1.165) is 4.57 Å². The van der Waals surface area contributed by atoms with Crippen LogP contribution in [-0.2, 0) is 18.8 Å². The molecule has 2 aromatic rings. The van der Waals surface area contributed by atoms with Gasteiger partial charge in [-0.1, -0.05) is 13.8 Å². The van der Waals surface area contributed by atoms with Gasteiger partial charge in [0.15, 0.2) is 0 Å². The molecule has 136 valence electrons. The zero-order valence-electron chi connectivity index (χ0n) is 15.0. The zero-order chi connectivity index (χ0) is 18.6. The molecule has 1 amide bonds. The zero-order valence-corrected chi connectivity index (χ0v) is 15.0. The number of pyridine rings is 1. The van der Waals surface area contributed by atoms with Gasteiger partial charge < -0.3 is 10.1 Å². The standard InChI is InChI=1S/C17H24N4O4/c1-11(2)10-25-9-5-8-18-15(22)13-7-6-12-14(19-13)20(3)17(24)21(4)16(12)23/h6-7,11H,5,8-10H2,1-4H3,(H,18,22).